The van der Waals surface area contributed by atoms with Gasteiger partial charge in [0.15, 0.2) is 6.29 Å². The van der Waals surface area contributed by atoms with Gasteiger partial charge in [-0.05, 0) is 69.1 Å². The molecule has 0 bridgehead atoms. The van der Waals surface area contributed by atoms with Crippen LogP contribution in [0.15, 0.2) is 78.9 Å². The molecule has 5 aromatic rings. The van der Waals surface area contributed by atoms with Gasteiger partial charge in [-0.25, -0.2) is 0 Å². The third-order valence-corrected chi connectivity index (χ3v) is 7.94. The van der Waals surface area contributed by atoms with Crippen LogP contribution in [-0.2, 0) is 10.2 Å². The van der Waals surface area contributed by atoms with Crippen LogP contribution in [0.25, 0.3) is 32.3 Å². The summed E-state index contributed by atoms with van der Waals surface area (Å²) in [6.07, 6.45) is -0.364. The lowest BCUT2D eigenvalue weighted by molar-refractivity contribution is -0.0738. The molecule has 3 nitrogen and oxygen atoms in total. The second-order valence-corrected chi connectivity index (χ2v) is 11.2. The van der Waals surface area contributed by atoms with Gasteiger partial charge in [0, 0.05) is 10.8 Å². The molecule has 0 fully saturated rings. The summed E-state index contributed by atoms with van der Waals surface area (Å²) in [4.78, 5) is 0. The topological polar surface area (TPSA) is 27.7 Å². The molecule has 3 heteroatoms. The minimum Gasteiger partial charge on any atom is -0.491 e. The van der Waals surface area contributed by atoms with E-state index in [9.17, 15) is 0 Å². The molecule has 1 atom stereocenters. The Hall–Kier alpha value is -3.30. The highest BCUT2D eigenvalue weighted by atomic mass is 16.7. The summed E-state index contributed by atoms with van der Waals surface area (Å²) in [7, 11) is 0. The smallest absolute Gasteiger partial charge is 0.197 e. The van der Waals surface area contributed by atoms with Crippen molar-refractivity contribution in [3.05, 3.63) is 84.4 Å². The summed E-state index contributed by atoms with van der Waals surface area (Å²) < 4.78 is 18.1. The third kappa shape index (κ3) is 4.49. The first-order valence-electron chi connectivity index (χ1n) is 12.8. The molecule has 0 aliphatic heterocycles. The van der Waals surface area contributed by atoms with Crippen LogP contribution in [-0.4, -0.2) is 19.5 Å². The summed E-state index contributed by atoms with van der Waals surface area (Å²) in [5.41, 5.74) is 1.54. The zero-order valence-electron chi connectivity index (χ0n) is 22.2. The molecule has 5 rings (SSSR count). The molecule has 0 heterocycles. The van der Waals surface area contributed by atoms with Crippen molar-refractivity contribution < 1.29 is 14.2 Å². The molecule has 0 spiro atoms. The van der Waals surface area contributed by atoms with E-state index in [1.807, 2.05) is 19.1 Å². The SMILES string of the molecule is CC(OCCOc1ccc2ccc3cccc4ccc1c2c34)Oc1ccc(C(C)(C)C(C)(C)C)cc1. The molecule has 0 radical (unpaired) electrons. The van der Waals surface area contributed by atoms with Gasteiger partial charge in [0.05, 0.1) is 6.61 Å². The van der Waals surface area contributed by atoms with E-state index in [1.54, 1.807) is 0 Å². The zero-order valence-corrected chi connectivity index (χ0v) is 22.2. The first kappa shape index (κ1) is 24.4. The molecule has 0 aromatic heterocycles. The lowest BCUT2D eigenvalue weighted by Crippen LogP contribution is -2.33. The summed E-state index contributed by atoms with van der Waals surface area (Å²) in [6.45, 7) is 14.2. The van der Waals surface area contributed by atoms with E-state index in [-0.39, 0.29) is 17.1 Å². The maximum atomic E-state index is 6.17. The first-order valence-corrected chi connectivity index (χ1v) is 12.8. The molecule has 1 unspecified atom stereocenters. The van der Waals surface area contributed by atoms with Gasteiger partial charge in [0.2, 0.25) is 0 Å². The van der Waals surface area contributed by atoms with Crippen LogP contribution in [0.5, 0.6) is 11.5 Å². The van der Waals surface area contributed by atoms with Gasteiger partial charge in [-0.3, -0.25) is 0 Å². The number of ether oxygens (including phenoxy) is 3. The summed E-state index contributed by atoms with van der Waals surface area (Å²) in [5.74, 6) is 1.69. The Kier molecular flexibility index (Phi) is 6.30. The van der Waals surface area contributed by atoms with Gasteiger partial charge >= 0.3 is 0 Å². The van der Waals surface area contributed by atoms with Crippen molar-refractivity contribution in [2.24, 2.45) is 5.41 Å². The van der Waals surface area contributed by atoms with Crippen LogP contribution in [0.4, 0.5) is 0 Å². The normalized spacial score (nSPS) is 13.5. The number of hydrogen-bond acceptors (Lipinski definition) is 3. The van der Waals surface area contributed by atoms with E-state index in [1.165, 1.54) is 32.5 Å². The van der Waals surface area contributed by atoms with Crippen LogP contribution in [0.3, 0.4) is 0 Å². The van der Waals surface area contributed by atoms with E-state index in [0.29, 0.717) is 13.2 Å². The van der Waals surface area contributed by atoms with E-state index < -0.39 is 0 Å². The lowest BCUT2D eigenvalue weighted by atomic mass is 9.65. The molecule has 0 aliphatic carbocycles. The second-order valence-electron chi connectivity index (χ2n) is 11.2. The van der Waals surface area contributed by atoms with E-state index in [2.05, 4.69) is 101 Å². The van der Waals surface area contributed by atoms with Crippen LogP contribution < -0.4 is 9.47 Å². The molecule has 0 aliphatic rings. The van der Waals surface area contributed by atoms with Crippen molar-refractivity contribution in [3.8, 4) is 11.5 Å². The lowest BCUT2D eigenvalue weighted by Gasteiger charge is -2.39. The average Bonchev–Trinajstić information content (AvgIpc) is 2.85. The van der Waals surface area contributed by atoms with E-state index >= 15 is 0 Å². The van der Waals surface area contributed by atoms with Crippen molar-refractivity contribution in [1.82, 2.24) is 0 Å². The summed E-state index contributed by atoms with van der Waals surface area (Å²) in [6, 6.07) is 27.7. The van der Waals surface area contributed by atoms with Crippen LogP contribution in [0.2, 0.25) is 0 Å². The average molecular weight is 481 g/mol. The fourth-order valence-electron chi connectivity index (χ4n) is 4.81. The van der Waals surface area contributed by atoms with Gasteiger partial charge in [0.25, 0.3) is 0 Å². The number of benzene rings is 5. The Morgan fingerprint density at radius 1 is 0.667 bits per heavy atom. The summed E-state index contributed by atoms with van der Waals surface area (Å²) in [5, 5.41) is 7.45. The maximum absolute atomic E-state index is 6.17. The van der Waals surface area contributed by atoms with Crippen LogP contribution in [0, 0.1) is 5.41 Å². The highest BCUT2D eigenvalue weighted by molar-refractivity contribution is 6.24. The maximum Gasteiger partial charge on any atom is 0.197 e. The Morgan fingerprint density at radius 3 is 1.94 bits per heavy atom. The van der Waals surface area contributed by atoms with Crippen molar-refractivity contribution >= 4 is 32.3 Å². The fourth-order valence-corrected chi connectivity index (χ4v) is 4.81. The predicted molar refractivity (Wildman–Crippen MR) is 151 cm³/mol. The molecule has 5 aromatic carbocycles. The first-order chi connectivity index (χ1) is 17.1. The van der Waals surface area contributed by atoms with Gasteiger partial charge in [0.1, 0.15) is 18.1 Å². The molecule has 0 amide bonds. The molecule has 186 valence electrons. The van der Waals surface area contributed by atoms with Crippen LogP contribution in [0.1, 0.15) is 47.1 Å². The quantitative estimate of drug-likeness (QED) is 0.126. The van der Waals surface area contributed by atoms with Crippen molar-refractivity contribution in [2.75, 3.05) is 13.2 Å². The van der Waals surface area contributed by atoms with Gasteiger partial charge < -0.3 is 14.2 Å². The Morgan fingerprint density at radius 2 is 1.28 bits per heavy atom. The Bertz CT molecular complexity index is 1460. The highest BCUT2D eigenvalue weighted by Crippen LogP contribution is 2.41. The van der Waals surface area contributed by atoms with Gasteiger partial charge in [-0.2, -0.15) is 0 Å². The zero-order chi connectivity index (χ0) is 25.5. The minimum absolute atomic E-state index is 0.0656. The minimum atomic E-state index is -0.364. The van der Waals surface area contributed by atoms with Crippen LogP contribution >= 0.6 is 0 Å². The Balaban J connectivity index is 1.20. The molecule has 0 saturated heterocycles. The molecule has 0 N–H and O–H groups in total. The number of rotatable bonds is 8. The van der Waals surface area contributed by atoms with Gasteiger partial charge in [-0.1, -0.05) is 89.2 Å². The van der Waals surface area contributed by atoms with Crippen molar-refractivity contribution in [2.45, 2.75) is 53.2 Å². The predicted octanol–water partition coefficient (Wildman–Crippen LogP) is 8.73. The van der Waals surface area contributed by atoms with E-state index in [4.69, 9.17) is 14.2 Å². The van der Waals surface area contributed by atoms with Gasteiger partial charge in [-0.15, -0.1) is 0 Å². The molecule has 36 heavy (non-hydrogen) atoms. The summed E-state index contributed by atoms with van der Waals surface area (Å²) >= 11 is 0. The Labute approximate surface area is 214 Å². The number of hydrogen-bond donors (Lipinski definition) is 0. The largest absolute Gasteiger partial charge is 0.491 e. The molecule has 0 saturated carbocycles. The fraction of sp³-hybridized carbons (Fsp3) is 0.333. The monoisotopic (exact) mass is 480 g/mol. The molecular formula is C33H36O3. The van der Waals surface area contributed by atoms with Crippen molar-refractivity contribution in [1.29, 1.82) is 0 Å². The van der Waals surface area contributed by atoms with E-state index in [0.717, 1.165) is 16.9 Å². The second kappa shape index (κ2) is 9.29. The standard InChI is InChI=1S/C33H36O3/c1-22(36-27-16-14-26(15-17-27)33(5,6)32(2,3)4)34-20-21-35-29-19-13-25-11-10-23-8-7-9-24-12-18-28(29)31(25)30(23)24/h7-19,22H,20-21H2,1-6H3. The third-order valence-electron chi connectivity index (χ3n) is 7.94. The van der Waals surface area contributed by atoms with Crippen molar-refractivity contribution in [3.63, 3.8) is 0 Å². The molecular weight excluding hydrogens is 444 g/mol. The highest BCUT2D eigenvalue weighted by Gasteiger charge is 2.34.